The summed E-state index contributed by atoms with van der Waals surface area (Å²) in [6, 6.07) is 9.62. The highest BCUT2D eigenvalue weighted by Gasteiger charge is 2.40. The van der Waals surface area contributed by atoms with Crippen molar-refractivity contribution < 1.29 is 9.53 Å². The number of carbonyl (C=O) groups excluding carboxylic acids is 1. The molecule has 3 rings (SSSR count). The Morgan fingerprint density at radius 1 is 1.25 bits per heavy atom. The molecule has 1 amide bonds. The van der Waals surface area contributed by atoms with Gasteiger partial charge in [-0.3, -0.25) is 4.90 Å². The van der Waals surface area contributed by atoms with Crippen molar-refractivity contribution in [1.29, 1.82) is 0 Å². The number of likely N-dealkylation sites (tertiary alicyclic amines) is 1. The van der Waals surface area contributed by atoms with Crippen molar-refractivity contribution in [2.75, 3.05) is 20.1 Å². The highest BCUT2D eigenvalue weighted by molar-refractivity contribution is 5.68. The van der Waals surface area contributed by atoms with Gasteiger partial charge in [0.15, 0.2) is 0 Å². The molecule has 1 aliphatic heterocycles. The van der Waals surface area contributed by atoms with Crippen LogP contribution in [0.1, 0.15) is 77.0 Å². The summed E-state index contributed by atoms with van der Waals surface area (Å²) in [5, 5.41) is 0. The summed E-state index contributed by atoms with van der Waals surface area (Å²) in [4.78, 5) is 16.7. The van der Waals surface area contributed by atoms with E-state index in [-0.39, 0.29) is 17.7 Å². The van der Waals surface area contributed by atoms with Crippen LogP contribution in [0.15, 0.2) is 24.3 Å². The van der Waals surface area contributed by atoms with E-state index in [0.717, 1.165) is 45.2 Å². The van der Waals surface area contributed by atoms with Gasteiger partial charge in [-0.1, -0.05) is 31.2 Å². The number of ether oxygens (including phenoxy) is 1. The van der Waals surface area contributed by atoms with Gasteiger partial charge in [0.05, 0.1) is 0 Å². The Labute approximate surface area is 170 Å². The molecule has 0 radical (unpaired) electrons. The van der Waals surface area contributed by atoms with Gasteiger partial charge >= 0.3 is 6.09 Å². The maximum Gasteiger partial charge on any atom is 0.410 e. The van der Waals surface area contributed by atoms with E-state index in [4.69, 9.17) is 10.5 Å². The third kappa shape index (κ3) is 4.87. The van der Waals surface area contributed by atoms with Gasteiger partial charge in [0.2, 0.25) is 0 Å². The van der Waals surface area contributed by atoms with Crippen LogP contribution < -0.4 is 5.73 Å². The lowest BCUT2D eigenvalue weighted by Gasteiger charge is -2.40. The lowest BCUT2D eigenvalue weighted by atomic mass is 9.95. The van der Waals surface area contributed by atoms with Crippen molar-refractivity contribution >= 4 is 6.09 Å². The fourth-order valence-corrected chi connectivity index (χ4v) is 4.23. The van der Waals surface area contributed by atoms with Crippen LogP contribution in [-0.4, -0.2) is 47.7 Å². The zero-order valence-corrected chi connectivity index (χ0v) is 18.2. The molecule has 1 saturated carbocycles. The van der Waals surface area contributed by atoms with E-state index in [1.807, 2.05) is 27.8 Å². The van der Waals surface area contributed by atoms with Gasteiger partial charge in [0.25, 0.3) is 0 Å². The summed E-state index contributed by atoms with van der Waals surface area (Å²) in [7, 11) is 1.87. The summed E-state index contributed by atoms with van der Waals surface area (Å²) in [6.07, 6.45) is 5.03. The standard InChI is InChI=1S/C23H37N3O2/c1-6-20(17-7-9-18(10-8-17)23(24)13-14-23)26-15-11-19(12-16-26)25(5)21(27)28-22(2,3)4/h7-10,19-20H,6,11-16,24H2,1-5H3. The Hall–Kier alpha value is -1.59. The molecule has 2 N–H and O–H groups in total. The second-order valence-electron chi connectivity index (χ2n) is 9.56. The van der Waals surface area contributed by atoms with E-state index in [1.54, 1.807) is 4.90 Å². The molecular weight excluding hydrogens is 350 g/mol. The predicted octanol–water partition coefficient (Wildman–Crippen LogP) is 4.42. The molecule has 0 aromatic heterocycles. The van der Waals surface area contributed by atoms with E-state index in [1.165, 1.54) is 11.1 Å². The van der Waals surface area contributed by atoms with Gasteiger partial charge in [0, 0.05) is 37.8 Å². The summed E-state index contributed by atoms with van der Waals surface area (Å²) in [5.74, 6) is 0. The van der Waals surface area contributed by atoms with Gasteiger partial charge in [0.1, 0.15) is 5.60 Å². The highest BCUT2D eigenvalue weighted by atomic mass is 16.6. The molecule has 1 unspecified atom stereocenters. The molecule has 1 saturated heterocycles. The van der Waals surface area contributed by atoms with E-state index >= 15 is 0 Å². The van der Waals surface area contributed by atoms with E-state index < -0.39 is 5.60 Å². The SMILES string of the molecule is CCC(c1ccc(C2(N)CC2)cc1)N1CCC(N(C)C(=O)OC(C)(C)C)CC1. The molecule has 156 valence electrons. The van der Waals surface area contributed by atoms with Crippen LogP contribution in [0.3, 0.4) is 0 Å². The first-order chi connectivity index (χ1) is 13.1. The number of nitrogens with two attached hydrogens (primary N) is 1. The molecule has 1 aromatic rings. The largest absolute Gasteiger partial charge is 0.444 e. The minimum absolute atomic E-state index is 0.0646. The second kappa shape index (κ2) is 8.03. The first-order valence-corrected chi connectivity index (χ1v) is 10.7. The lowest BCUT2D eigenvalue weighted by Crippen LogP contribution is -2.47. The number of rotatable bonds is 5. The van der Waals surface area contributed by atoms with Crippen molar-refractivity contribution in [3.05, 3.63) is 35.4 Å². The molecule has 0 spiro atoms. The van der Waals surface area contributed by atoms with Crippen molar-refractivity contribution in [2.45, 2.75) is 83.0 Å². The van der Waals surface area contributed by atoms with Crippen LogP contribution in [0.25, 0.3) is 0 Å². The maximum atomic E-state index is 12.3. The molecule has 5 heteroatoms. The first-order valence-electron chi connectivity index (χ1n) is 10.7. The predicted molar refractivity (Wildman–Crippen MR) is 113 cm³/mol. The third-order valence-corrected chi connectivity index (χ3v) is 6.21. The second-order valence-corrected chi connectivity index (χ2v) is 9.56. The van der Waals surface area contributed by atoms with Crippen molar-refractivity contribution in [2.24, 2.45) is 5.73 Å². The van der Waals surface area contributed by atoms with Crippen LogP contribution >= 0.6 is 0 Å². The van der Waals surface area contributed by atoms with Crippen LogP contribution in [0.5, 0.6) is 0 Å². The van der Waals surface area contributed by atoms with Crippen molar-refractivity contribution in [1.82, 2.24) is 9.80 Å². The number of hydrogen-bond acceptors (Lipinski definition) is 4. The summed E-state index contributed by atoms with van der Waals surface area (Å²) >= 11 is 0. The average Bonchev–Trinajstić information content (AvgIpc) is 3.40. The van der Waals surface area contributed by atoms with Gasteiger partial charge in [-0.15, -0.1) is 0 Å². The van der Waals surface area contributed by atoms with Gasteiger partial charge in [-0.05, 0) is 64.0 Å². The molecule has 2 aliphatic rings. The van der Waals surface area contributed by atoms with E-state index in [0.29, 0.717) is 6.04 Å². The third-order valence-electron chi connectivity index (χ3n) is 6.21. The average molecular weight is 388 g/mol. The molecule has 1 aromatic carbocycles. The summed E-state index contributed by atoms with van der Waals surface area (Å²) in [5.41, 5.74) is 8.45. The van der Waals surface area contributed by atoms with E-state index in [9.17, 15) is 4.79 Å². The number of nitrogens with zero attached hydrogens (tertiary/aromatic N) is 2. The fraction of sp³-hybridized carbons (Fsp3) is 0.696. The lowest BCUT2D eigenvalue weighted by molar-refractivity contribution is 0.0127. The molecule has 1 atom stereocenters. The van der Waals surface area contributed by atoms with E-state index in [2.05, 4.69) is 36.1 Å². The van der Waals surface area contributed by atoms with Gasteiger partial charge in [-0.2, -0.15) is 0 Å². The summed E-state index contributed by atoms with van der Waals surface area (Å²) in [6.45, 7) is 9.98. The zero-order valence-electron chi connectivity index (χ0n) is 18.2. The van der Waals surface area contributed by atoms with Crippen LogP contribution in [-0.2, 0) is 10.3 Å². The normalized spacial score (nSPS) is 21.2. The molecule has 0 bridgehead atoms. The number of piperidine rings is 1. The first kappa shape index (κ1) is 21.1. The minimum atomic E-state index is -0.450. The van der Waals surface area contributed by atoms with Crippen molar-refractivity contribution in [3.63, 3.8) is 0 Å². The van der Waals surface area contributed by atoms with Crippen LogP contribution in [0, 0.1) is 0 Å². The Morgan fingerprint density at radius 2 is 1.82 bits per heavy atom. The molecule has 1 aliphatic carbocycles. The number of carbonyl (C=O) groups is 1. The Morgan fingerprint density at radius 3 is 2.29 bits per heavy atom. The van der Waals surface area contributed by atoms with Crippen LogP contribution in [0.2, 0.25) is 0 Å². The van der Waals surface area contributed by atoms with Gasteiger partial charge in [-0.25, -0.2) is 4.79 Å². The van der Waals surface area contributed by atoms with Gasteiger partial charge < -0.3 is 15.4 Å². The maximum absolute atomic E-state index is 12.3. The Kier molecular flexibility index (Phi) is 6.06. The minimum Gasteiger partial charge on any atom is -0.444 e. The number of amides is 1. The topological polar surface area (TPSA) is 58.8 Å². The van der Waals surface area contributed by atoms with Crippen molar-refractivity contribution in [3.8, 4) is 0 Å². The zero-order chi connectivity index (χ0) is 20.5. The molecular formula is C23H37N3O2. The molecule has 1 heterocycles. The quantitative estimate of drug-likeness (QED) is 0.813. The molecule has 2 fully saturated rings. The van der Waals surface area contributed by atoms with Crippen LogP contribution in [0.4, 0.5) is 4.79 Å². The number of benzene rings is 1. The molecule has 5 nitrogen and oxygen atoms in total. The highest BCUT2D eigenvalue weighted by Crippen LogP contribution is 2.43. The number of hydrogen-bond donors (Lipinski definition) is 1. The monoisotopic (exact) mass is 387 g/mol. The fourth-order valence-electron chi connectivity index (χ4n) is 4.23. The molecule has 28 heavy (non-hydrogen) atoms. The Balaban J connectivity index is 1.57. The Bertz CT molecular complexity index is 668. The summed E-state index contributed by atoms with van der Waals surface area (Å²) < 4.78 is 5.52. The smallest absolute Gasteiger partial charge is 0.410 e.